The van der Waals surface area contributed by atoms with Crippen LogP contribution in [0.25, 0.3) is 0 Å². The third-order valence-electron chi connectivity index (χ3n) is 3.45. The molecule has 1 aliphatic rings. The van der Waals surface area contributed by atoms with Crippen molar-refractivity contribution < 1.29 is 4.74 Å². The Kier molecular flexibility index (Phi) is 1.92. The summed E-state index contributed by atoms with van der Waals surface area (Å²) >= 11 is 0. The predicted octanol–water partition coefficient (Wildman–Crippen LogP) is 2.95. The number of benzene rings is 1. The molecule has 0 bridgehead atoms. The van der Waals surface area contributed by atoms with Gasteiger partial charge in [-0.05, 0) is 61.1 Å². The molecule has 0 spiro atoms. The summed E-state index contributed by atoms with van der Waals surface area (Å²) in [7, 11) is 0. The van der Waals surface area contributed by atoms with E-state index in [9.17, 15) is 0 Å². The molecule has 0 N–H and O–H groups in total. The van der Waals surface area contributed by atoms with Gasteiger partial charge in [0.15, 0.2) is 0 Å². The van der Waals surface area contributed by atoms with Crippen molar-refractivity contribution in [2.75, 3.05) is 0 Å². The van der Waals surface area contributed by atoms with Gasteiger partial charge in [0.2, 0.25) is 0 Å². The number of rotatable bonds is 0. The highest BCUT2D eigenvalue weighted by molar-refractivity contribution is 5.50. The maximum Gasteiger partial charge on any atom is 0.0727 e. The van der Waals surface area contributed by atoms with Gasteiger partial charge in [-0.15, -0.1) is 0 Å². The lowest BCUT2D eigenvalue weighted by molar-refractivity contribution is 0.134. The Morgan fingerprint density at radius 3 is 1.46 bits per heavy atom. The first-order valence-electron chi connectivity index (χ1n) is 4.78. The smallest absolute Gasteiger partial charge is 0.0727 e. The van der Waals surface area contributed by atoms with E-state index in [0.717, 1.165) is 13.2 Å². The Hall–Kier alpha value is -0.820. The lowest BCUT2D eigenvalue weighted by Gasteiger charge is -2.13. The minimum Gasteiger partial charge on any atom is -0.372 e. The first kappa shape index (κ1) is 8.76. The summed E-state index contributed by atoms with van der Waals surface area (Å²) in [6.45, 7) is 10.4. The Balaban J connectivity index is 2.77. The van der Waals surface area contributed by atoms with E-state index in [4.69, 9.17) is 4.74 Å². The van der Waals surface area contributed by atoms with Gasteiger partial charge < -0.3 is 4.74 Å². The van der Waals surface area contributed by atoms with Crippen LogP contribution in [0.15, 0.2) is 0 Å². The fourth-order valence-corrected chi connectivity index (χ4v) is 2.11. The molecule has 2 rings (SSSR count). The molecule has 1 aliphatic heterocycles. The number of hydrogen-bond acceptors (Lipinski definition) is 1. The molecular formula is C12H16O. The lowest BCUT2D eigenvalue weighted by atomic mass is 9.90. The van der Waals surface area contributed by atoms with Crippen LogP contribution in [0.4, 0.5) is 0 Å². The summed E-state index contributed by atoms with van der Waals surface area (Å²) in [4.78, 5) is 0. The van der Waals surface area contributed by atoms with Crippen LogP contribution in [0.2, 0.25) is 0 Å². The quantitative estimate of drug-likeness (QED) is 0.590. The van der Waals surface area contributed by atoms with Gasteiger partial charge in [0.1, 0.15) is 0 Å². The average molecular weight is 176 g/mol. The molecule has 0 aliphatic carbocycles. The largest absolute Gasteiger partial charge is 0.372 e. The van der Waals surface area contributed by atoms with Crippen molar-refractivity contribution >= 4 is 0 Å². The Bertz CT molecular complexity index is 329. The maximum absolute atomic E-state index is 5.49. The normalized spacial score (nSPS) is 14.8. The average Bonchev–Trinajstić information content (AvgIpc) is 2.59. The first-order chi connectivity index (χ1) is 6.13. The molecule has 1 heterocycles. The van der Waals surface area contributed by atoms with Crippen molar-refractivity contribution in [1.29, 1.82) is 0 Å². The maximum atomic E-state index is 5.49. The highest BCUT2D eigenvalue weighted by atomic mass is 16.5. The second-order valence-electron chi connectivity index (χ2n) is 3.95. The third-order valence-corrected chi connectivity index (χ3v) is 3.45. The van der Waals surface area contributed by atoms with E-state index in [-0.39, 0.29) is 0 Å². The molecule has 0 fully saturated rings. The van der Waals surface area contributed by atoms with E-state index in [1.54, 1.807) is 0 Å². The van der Waals surface area contributed by atoms with E-state index in [2.05, 4.69) is 27.7 Å². The van der Waals surface area contributed by atoms with Crippen molar-refractivity contribution in [3.63, 3.8) is 0 Å². The summed E-state index contributed by atoms with van der Waals surface area (Å²) in [5, 5.41) is 0. The zero-order chi connectivity index (χ0) is 9.59. The van der Waals surface area contributed by atoms with Crippen LogP contribution in [-0.2, 0) is 18.0 Å². The molecule has 0 saturated heterocycles. The highest BCUT2D eigenvalue weighted by Gasteiger charge is 2.19. The molecule has 0 amide bonds. The lowest BCUT2D eigenvalue weighted by Crippen LogP contribution is -1.99. The highest BCUT2D eigenvalue weighted by Crippen LogP contribution is 2.31. The Labute approximate surface area is 79.7 Å². The molecule has 0 atom stereocenters. The Morgan fingerprint density at radius 2 is 1.08 bits per heavy atom. The van der Waals surface area contributed by atoms with Gasteiger partial charge in [0, 0.05) is 0 Å². The van der Waals surface area contributed by atoms with Crippen molar-refractivity contribution in [2.24, 2.45) is 0 Å². The summed E-state index contributed by atoms with van der Waals surface area (Å²) in [5.41, 5.74) is 8.58. The molecule has 0 radical (unpaired) electrons. The number of ether oxygens (including phenoxy) is 1. The van der Waals surface area contributed by atoms with Crippen LogP contribution in [0.5, 0.6) is 0 Å². The molecule has 1 heteroatoms. The van der Waals surface area contributed by atoms with Crippen molar-refractivity contribution in [1.82, 2.24) is 0 Å². The molecular weight excluding hydrogens is 160 g/mol. The zero-order valence-corrected chi connectivity index (χ0v) is 8.82. The second-order valence-corrected chi connectivity index (χ2v) is 3.95. The summed E-state index contributed by atoms with van der Waals surface area (Å²) < 4.78 is 5.49. The van der Waals surface area contributed by atoms with Crippen LogP contribution in [0.1, 0.15) is 33.4 Å². The summed E-state index contributed by atoms with van der Waals surface area (Å²) in [6.07, 6.45) is 0. The van der Waals surface area contributed by atoms with Crippen LogP contribution < -0.4 is 0 Å². The van der Waals surface area contributed by atoms with E-state index in [1.165, 1.54) is 33.4 Å². The van der Waals surface area contributed by atoms with E-state index >= 15 is 0 Å². The second kappa shape index (κ2) is 2.85. The monoisotopic (exact) mass is 176 g/mol. The van der Waals surface area contributed by atoms with Crippen molar-refractivity contribution in [3.8, 4) is 0 Å². The van der Waals surface area contributed by atoms with Gasteiger partial charge in [-0.2, -0.15) is 0 Å². The summed E-state index contributed by atoms with van der Waals surface area (Å²) in [6, 6.07) is 0. The molecule has 0 saturated carbocycles. The van der Waals surface area contributed by atoms with Gasteiger partial charge in [0.25, 0.3) is 0 Å². The van der Waals surface area contributed by atoms with Crippen LogP contribution in [0, 0.1) is 27.7 Å². The topological polar surface area (TPSA) is 9.23 Å². The van der Waals surface area contributed by atoms with Gasteiger partial charge >= 0.3 is 0 Å². The number of fused-ring (bicyclic) bond motifs is 1. The molecule has 70 valence electrons. The standard InChI is InChI=1S/C12H16O/c1-7-8(2)10(4)12-6-13-5-11(12)9(7)3/h5-6H2,1-4H3. The first-order valence-corrected chi connectivity index (χ1v) is 4.78. The zero-order valence-electron chi connectivity index (χ0n) is 8.82. The van der Waals surface area contributed by atoms with Crippen molar-refractivity contribution in [2.45, 2.75) is 40.9 Å². The molecule has 1 nitrogen and oxygen atoms in total. The SMILES string of the molecule is Cc1c(C)c(C)c2c(c1C)COC2. The van der Waals surface area contributed by atoms with E-state index in [0.29, 0.717) is 0 Å². The van der Waals surface area contributed by atoms with Gasteiger partial charge in [0.05, 0.1) is 13.2 Å². The number of hydrogen-bond donors (Lipinski definition) is 0. The van der Waals surface area contributed by atoms with Crippen molar-refractivity contribution in [3.05, 3.63) is 33.4 Å². The van der Waals surface area contributed by atoms with Crippen LogP contribution in [0.3, 0.4) is 0 Å². The summed E-state index contributed by atoms with van der Waals surface area (Å²) in [5.74, 6) is 0. The minimum absolute atomic E-state index is 0.809. The van der Waals surface area contributed by atoms with Gasteiger partial charge in [-0.25, -0.2) is 0 Å². The molecule has 1 aromatic rings. The van der Waals surface area contributed by atoms with E-state index < -0.39 is 0 Å². The molecule has 0 aromatic heterocycles. The molecule has 1 aromatic carbocycles. The third kappa shape index (κ3) is 1.11. The minimum atomic E-state index is 0.809. The van der Waals surface area contributed by atoms with Gasteiger partial charge in [-0.3, -0.25) is 0 Å². The fourth-order valence-electron chi connectivity index (χ4n) is 2.11. The predicted molar refractivity (Wildman–Crippen MR) is 53.9 cm³/mol. The van der Waals surface area contributed by atoms with Crippen LogP contribution >= 0.6 is 0 Å². The molecule has 13 heavy (non-hydrogen) atoms. The van der Waals surface area contributed by atoms with E-state index in [1.807, 2.05) is 0 Å². The molecule has 0 unspecified atom stereocenters. The fraction of sp³-hybridized carbons (Fsp3) is 0.500. The Morgan fingerprint density at radius 1 is 0.692 bits per heavy atom. The van der Waals surface area contributed by atoms with Crippen LogP contribution in [-0.4, -0.2) is 0 Å². The van der Waals surface area contributed by atoms with Gasteiger partial charge in [-0.1, -0.05) is 0 Å².